The molecule has 478 valence electrons. The highest BCUT2D eigenvalue weighted by Crippen LogP contribution is 2.40. The van der Waals surface area contributed by atoms with Crippen LogP contribution in [0.1, 0.15) is 232 Å². The second kappa shape index (κ2) is 32.8. The number of pyridine rings is 3. The SMILES string of the molecule is COCOc1ccc(Cc2c(C)cc(C#C[Si](C)(C)C)c(C)c2C)nc1C1CCCCC1.COCOc1ccc(Cc2c(C)cc(CC(=O)O)c(C)c2C)nc1C1CCCCC1.Cc1cc(CC(=O)O)c(C)c(C)c1Cc1ccc(O)c(C2CCCCC2)n1. The molecule has 0 amide bonds. The second-order valence-corrected chi connectivity index (χ2v) is 31.2. The van der Waals surface area contributed by atoms with E-state index in [1.165, 1.54) is 110 Å². The molecule has 6 aromatic rings. The van der Waals surface area contributed by atoms with Gasteiger partial charge in [-0.3, -0.25) is 24.5 Å². The zero-order valence-electron chi connectivity index (χ0n) is 56.1. The Morgan fingerprint density at radius 3 is 1.20 bits per heavy atom. The summed E-state index contributed by atoms with van der Waals surface area (Å²) in [5, 5.41) is 28.6. The first kappa shape index (κ1) is 69.6. The van der Waals surface area contributed by atoms with E-state index in [4.69, 9.17) is 39.0 Å². The van der Waals surface area contributed by atoms with E-state index in [9.17, 15) is 19.8 Å². The van der Waals surface area contributed by atoms with Gasteiger partial charge in [-0.25, -0.2) is 0 Å². The Balaban J connectivity index is 0.000000191. The van der Waals surface area contributed by atoms with Crippen LogP contribution < -0.4 is 9.47 Å². The van der Waals surface area contributed by atoms with Crippen molar-refractivity contribution in [2.75, 3.05) is 27.8 Å². The van der Waals surface area contributed by atoms with E-state index >= 15 is 0 Å². The maximum absolute atomic E-state index is 11.2. The van der Waals surface area contributed by atoms with Gasteiger partial charge in [-0.05, 0) is 221 Å². The molecule has 9 rings (SSSR count). The number of hydrogen-bond donors (Lipinski definition) is 3. The maximum atomic E-state index is 11.2. The van der Waals surface area contributed by atoms with Gasteiger partial charge in [0.05, 0.1) is 29.9 Å². The third kappa shape index (κ3) is 19.3. The van der Waals surface area contributed by atoms with Gasteiger partial charge in [0.15, 0.2) is 13.6 Å². The Morgan fingerprint density at radius 2 is 0.831 bits per heavy atom. The fourth-order valence-corrected chi connectivity index (χ4v) is 13.8. The van der Waals surface area contributed by atoms with Crippen molar-refractivity contribution in [1.29, 1.82) is 0 Å². The zero-order chi connectivity index (χ0) is 64.5. The topological polar surface area (TPSA) is 170 Å². The molecule has 0 bridgehead atoms. The minimum absolute atomic E-state index is 0.0527. The van der Waals surface area contributed by atoms with E-state index in [0.717, 1.165) is 129 Å². The van der Waals surface area contributed by atoms with Gasteiger partial charge < -0.3 is 34.3 Å². The molecule has 0 atom stereocenters. The summed E-state index contributed by atoms with van der Waals surface area (Å²) in [4.78, 5) is 37.3. The quantitative estimate of drug-likeness (QED) is 0.0399. The van der Waals surface area contributed by atoms with Gasteiger partial charge in [0.2, 0.25) is 0 Å². The van der Waals surface area contributed by atoms with Crippen molar-refractivity contribution in [3.63, 3.8) is 0 Å². The molecule has 3 N–H and O–H groups in total. The van der Waals surface area contributed by atoms with Crippen molar-refractivity contribution in [2.45, 2.75) is 228 Å². The van der Waals surface area contributed by atoms with Gasteiger partial charge in [-0.1, -0.05) is 95.5 Å². The van der Waals surface area contributed by atoms with Gasteiger partial charge in [-0.15, -0.1) is 5.54 Å². The first-order valence-electron chi connectivity index (χ1n) is 32.6. The summed E-state index contributed by atoms with van der Waals surface area (Å²) in [5.41, 5.74) is 26.9. The van der Waals surface area contributed by atoms with Crippen LogP contribution >= 0.6 is 0 Å². The standard InChI is InChI=1S/C28H39NO2Si.C25H33NO4.C23H29NO3/c1-20-17-24(15-16-32(5,6)7)21(2)22(3)26(20)18-25-13-14-27(31-19-30-4)28(29-25)23-11-9-8-10-12-23;1-16-12-20(13-24(27)28)17(2)18(3)22(16)14-21-10-11-23(30-15-29-4)25(26-21)19-8-6-5-7-9-19;1-14-11-18(12-22(26)27)15(2)16(3)20(14)13-19-9-10-21(25)23(24-19)17-7-5-4-6-8-17/h13-14,17,23H,8-12,18-19H2,1-7H3;10-12,19H,5-9,13-15H2,1-4H3,(H,27,28);9-11,17,25H,4-8,12-13H2,1-3H3,(H,26,27). The lowest BCUT2D eigenvalue weighted by Crippen LogP contribution is -2.16. The lowest BCUT2D eigenvalue weighted by atomic mass is 9.86. The van der Waals surface area contributed by atoms with E-state index < -0.39 is 20.0 Å². The highest BCUT2D eigenvalue weighted by atomic mass is 28.3. The summed E-state index contributed by atoms with van der Waals surface area (Å²) in [7, 11) is 1.89. The van der Waals surface area contributed by atoms with E-state index in [1.54, 1.807) is 20.3 Å². The molecule has 0 unspecified atom stereocenters. The van der Waals surface area contributed by atoms with Crippen LogP contribution in [-0.4, -0.2) is 78.1 Å². The van der Waals surface area contributed by atoms with Crippen LogP contribution in [0.25, 0.3) is 0 Å². The number of aromatic hydroxyl groups is 1. The predicted molar refractivity (Wildman–Crippen MR) is 360 cm³/mol. The maximum Gasteiger partial charge on any atom is 0.307 e. The monoisotopic (exact) mass is 1230 g/mol. The van der Waals surface area contributed by atoms with E-state index in [1.807, 2.05) is 51.1 Å². The summed E-state index contributed by atoms with van der Waals surface area (Å²) in [6.45, 7) is 26.3. The van der Waals surface area contributed by atoms with Crippen molar-refractivity contribution in [1.82, 2.24) is 15.0 Å². The van der Waals surface area contributed by atoms with Gasteiger partial charge in [0.1, 0.15) is 25.3 Å². The number of ether oxygens (including phenoxy) is 4. The normalized spacial score (nSPS) is 14.8. The number of carboxylic acid groups (broad SMARTS) is 2. The fraction of sp³-hybridized carbons (Fsp3) is 0.513. The summed E-state index contributed by atoms with van der Waals surface area (Å²) in [6.07, 6.45) is 20.6. The molecule has 0 spiro atoms. The van der Waals surface area contributed by atoms with Crippen LogP contribution in [0.4, 0.5) is 0 Å². The molecule has 89 heavy (non-hydrogen) atoms. The average molecular weight is 1230 g/mol. The number of hydrogen-bond acceptors (Lipinski definition) is 10. The van der Waals surface area contributed by atoms with Crippen LogP contribution in [0.5, 0.6) is 17.2 Å². The summed E-state index contributed by atoms with van der Waals surface area (Å²) in [5.74, 6) is 5.18. The van der Waals surface area contributed by atoms with Crippen LogP contribution in [-0.2, 0) is 51.2 Å². The van der Waals surface area contributed by atoms with Crippen LogP contribution in [0.15, 0.2) is 54.6 Å². The van der Waals surface area contributed by atoms with E-state index in [2.05, 4.69) is 90.8 Å². The summed E-state index contributed by atoms with van der Waals surface area (Å²) >= 11 is 0. The minimum atomic E-state index is -1.40. The number of carboxylic acids is 2. The van der Waals surface area contributed by atoms with Crippen molar-refractivity contribution < 1.29 is 43.9 Å². The fourth-order valence-electron chi connectivity index (χ4n) is 13.3. The molecule has 3 aromatic heterocycles. The molecule has 0 radical (unpaired) electrons. The Kier molecular flexibility index (Phi) is 25.6. The highest BCUT2D eigenvalue weighted by molar-refractivity contribution is 6.83. The molecular formula is C76H101N3O9Si. The Bertz CT molecular complexity index is 3480. The number of methoxy groups -OCH3 is 2. The summed E-state index contributed by atoms with van der Waals surface area (Å²) < 4.78 is 22.0. The van der Waals surface area contributed by atoms with Gasteiger partial charge in [-0.2, -0.15) is 0 Å². The van der Waals surface area contributed by atoms with Gasteiger partial charge >= 0.3 is 11.9 Å². The number of aliphatic carboxylic acids is 2. The molecule has 3 heterocycles. The molecule has 3 aliphatic carbocycles. The molecule has 12 nitrogen and oxygen atoms in total. The highest BCUT2D eigenvalue weighted by Gasteiger charge is 2.26. The van der Waals surface area contributed by atoms with E-state index in [-0.39, 0.29) is 26.4 Å². The molecule has 0 saturated heterocycles. The van der Waals surface area contributed by atoms with Crippen molar-refractivity contribution in [3.05, 3.63) is 172 Å². The molecular weight excluding hydrogens is 1130 g/mol. The number of carbonyl (C=O) groups is 2. The number of nitrogens with zero attached hydrogens (tertiary/aromatic N) is 3. The van der Waals surface area contributed by atoms with Crippen LogP contribution in [0.2, 0.25) is 19.6 Å². The van der Waals surface area contributed by atoms with Crippen molar-refractivity contribution in [2.24, 2.45) is 0 Å². The summed E-state index contributed by atoms with van der Waals surface area (Å²) in [6, 6.07) is 18.2. The number of benzene rings is 3. The molecule has 3 aliphatic rings. The number of aryl methyl sites for hydroxylation is 3. The Hall–Kier alpha value is -6.85. The van der Waals surface area contributed by atoms with Gasteiger partial charge in [0.25, 0.3) is 0 Å². The predicted octanol–water partition coefficient (Wildman–Crippen LogP) is 17.1. The second-order valence-electron chi connectivity index (χ2n) is 26.5. The van der Waals surface area contributed by atoms with Gasteiger partial charge in [0, 0.05) is 73.9 Å². The number of aromatic nitrogens is 3. The Morgan fingerprint density at radius 1 is 0.483 bits per heavy atom. The zero-order valence-corrected chi connectivity index (χ0v) is 57.1. The minimum Gasteiger partial charge on any atom is -0.506 e. The molecule has 3 saturated carbocycles. The lowest BCUT2D eigenvalue weighted by molar-refractivity contribution is -0.137. The lowest BCUT2D eigenvalue weighted by Gasteiger charge is -2.24. The van der Waals surface area contributed by atoms with Crippen LogP contribution in [0, 0.1) is 73.8 Å². The van der Waals surface area contributed by atoms with Crippen molar-refractivity contribution in [3.8, 4) is 28.7 Å². The van der Waals surface area contributed by atoms with E-state index in [0.29, 0.717) is 29.9 Å². The number of rotatable bonds is 19. The third-order valence-electron chi connectivity index (χ3n) is 18.8. The van der Waals surface area contributed by atoms with Crippen molar-refractivity contribution >= 4 is 20.0 Å². The first-order valence-corrected chi connectivity index (χ1v) is 36.1. The van der Waals surface area contributed by atoms with Crippen LogP contribution in [0.3, 0.4) is 0 Å². The molecule has 3 fully saturated rings. The molecule has 3 aromatic carbocycles. The molecule has 0 aliphatic heterocycles. The average Bonchev–Trinajstić information content (AvgIpc) is 1.14. The third-order valence-corrected chi connectivity index (χ3v) is 19.7. The smallest absolute Gasteiger partial charge is 0.307 e. The first-order chi connectivity index (χ1) is 42.5. The Labute approximate surface area is 533 Å². The molecule has 13 heteroatoms. The largest absolute Gasteiger partial charge is 0.506 e.